The van der Waals surface area contributed by atoms with Crippen LogP contribution in [0.1, 0.15) is 43.1 Å². The lowest BCUT2D eigenvalue weighted by molar-refractivity contribution is 0.0949. The molecule has 0 fully saturated rings. The van der Waals surface area contributed by atoms with Crippen molar-refractivity contribution in [2.45, 2.75) is 19.9 Å². The number of nitrogens with two attached hydrogens (primary N) is 1. The molecule has 3 aromatic heterocycles. The van der Waals surface area contributed by atoms with Crippen LogP contribution in [0.25, 0.3) is 21.8 Å². The van der Waals surface area contributed by atoms with Gasteiger partial charge in [0.15, 0.2) is 0 Å². The number of H-pyrrole nitrogens is 1. The minimum Gasteiger partial charge on any atom is -0.366 e. The summed E-state index contributed by atoms with van der Waals surface area (Å²) in [5, 5.41) is 4.13. The molecule has 0 saturated carbocycles. The van der Waals surface area contributed by atoms with Crippen molar-refractivity contribution < 1.29 is 14.0 Å². The Morgan fingerprint density at radius 1 is 1.14 bits per heavy atom. The first kappa shape index (κ1) is 23.4. The minimum atomic E-state index is -0.564. The number of pyridine rings is 2. The zero-order valence-electron chi connectivity index (χ0n) is 19.2. The van der Waals surface area contributed by atoms with E-state index in [9.17, 15) is 14.0 Å². The van der Waals surface area contributed by atoms with Gasteiger partial charge in [-0.1, -0.05) is 17.7 Å². The lowest BCUT2D eigenvalue weighted by Crippen LogP contribution is -2.23. The molecule has 36 heavy (non-hydrogen) atoms. The Kier molecular flexibility index (Phi) is 6.12. The molecule has 0 saturated heterocycles. The van der Waals surface area contributed by atoms with Crippen LogP contribution in [-0.2, 0) is 13.0 Å². The molecular formula is C27H21ClFN5O2. The predicted octanol–water partition coefficient (Wildman–Crippen LogP) is 4.83. The van der Waals surface area contributed by atoms with Crippen LogP contribution < -0.4 is 11.1 Å². The van der Waals surface area contributed by atoms with Gasteiger partial charge >= 0.3 is 0 Å². The number of nitrogens with zero attached hydrogens (tertiary/aromatic N) is 2. The van der Waals surface area contributed by atoms with Crippen LogP contribution in [0.4, 0.5) is 4.39 Å². The van der Waals surface area contributed by atoms with Crippen LogP contribution in [0, 0.1) is 12.7 Å². The van der Waals surface area contributed by atoms with Gasteiger partial charge in [0.05, 0.1) is 21.5 Å². The molecule has 180 valence electrons. The number of aromatic nitrogens is 3. The first-order valence-corrected chi connectivity index (χ1v) is 11.5. The van der Waals surface area contributed by atoms with Gasteiger partial charge in [0.2, 0.25) is 0 Å². The second-order valence-electron chi connectivity index (χ2n) is 8.59. The number of aryl methyl sites for hydroxylation is 1. The van der Waals surface area contributed by atoms with E-state index in [0.717, 1.165) is 16.5 Å². The number of carbonyl (C=O) groups is 2. The number of hydrogen-bond acceptors (Lipinski definition) is 4. The number of rotatable bonds is 6. The highest BCUT2D eigenvalue weighted by molar-refractivity contribution is 6.35. The van der Waals surface area contributed by atoms with Crippen molar-refractivity contribution >= 4 is 45.2 Å². The molecule has 5 aromatic rings. The fourth-order valence-corrected chi connectivity index (χ4v) is 4.48. The van der Waals surface area contributed by atoms with E-state index in [2.05, 4.69) is 20.3 Å². The summed E-state index contributed by atoms with van der Waals surface area (Å²) in [5.74, 6) is -1.40. The molecule has 0 spiro atoms. The van der Waals surface area contributed by atoms with Crippen LogP contribution in [0.5, 0.6) is 0 Å². The molecule has 0 aliphatic heterocycles. The number of primary amides is 1. The summed E-state index contributed by atoms with van der Waals surface area (Å²) in [6.45, 7) is 1.92. The number of halogens is 2. The van der Waals surface area contributed by atoms with Gasteiger partial charge in [-0.3, -0.25) is 19.6 Å². The second-order valence-corrected chi connectivity index (χ2v) is 8.99. The SMILES string of the molecule is Cc1cnc2c(C(N)=O)cc(Cc3cc(C(=O)NCc4ccc5[nH]cc(Cl)c5c4F)ccn3)cc2c1. The molecule has 0 bridgehead atoms. The Labute approximate surface area is 210 Å². The first-order chi connectivity index (χ1) is 17.3. The molecule has 0 unspecified atom stereocenters. The highest BCUT2D eigenvalue weighted by Gasteiger charge is 2.15. The Hall–Kier alpha value is -4.30. The van der Waals surface area contributed by atoms with Gasteiger partial charge < -0.3 is 16.0 Å². The van der Waals surface area contributed by atoms with Crippen molar-refractivity contribution in [3.05, 3.63) is 105 Å². The fraction of sp³-hybridized carbons (Fsp3) is 0.111. The second kappa shape index (κ2) is 9.39. The largest absolute Gasteiger partial charge is 0.366 e. The highest BCUT2D eigenvalue weighted by Crippen LogP contribution is 2.28. The van der Waals surface area contributed by atoms with Crippen molar-refractivity contribution in [1.29, 1.82) is 0 Å². The topological polar surface area (TPSA) is 114 Å². The average Bonchev–Trinajstić information content (AvgIpc) is 3.24. The summed E-state index contributed by atoms with van der Waals surface area (Å²) >= 11 is 6.06. The zero-order chi connectivity index (χ0) is 25.4. The molecule has 7 nitrogen and oxygen atoms in total. The van der Waals surface area contributed by atoms with E-state index in [0.29, 0.717) is 45.2 Å². The van der Waals surface area contributed by atoms with E-state index in [4.69, 9.17) is 17.3 Å². The maximum absolute atomic E-state index is 14.8. The third kappa shape index (κ3) is 4.50. The molecule has 2 aromatic carbocycles. The Morgan fingerprint density at radius 3 is 2.78 bits per heavy atom. The molecule has 0 aliphatic carbocycles. The zero-order valence-corrected chi connectivity index (χ0v) is 20.0. The molecule has 4 N–H and O–H groups in total. The van der Waals surface area contributed by atoms with Gasteiger partial charge in [0.1, 0.15) is 5.82 Å². The minimum absolute atomic E-state index is 0.00122. The van der Waals surface area contributed by atoms with Crippen LogP contribution in [0.3, 0.4) is 0 Å². The van der Waals surface area contributed by atoms with E-state index in [1.807, 2.05) is 19.1 Å². The number of nitrogens with one attached hydrogen (secondary N) is 2. The van der Waals surface area contributed by atoms with Gasteiger partial charge in [0, 0.05) is 59.3 Å². The summed E-state index contributed by atoms with van der Waals surface area (Å²) in [7, 11) is 0. The van der Waals surface area contributed by atoms with E-state index in [1.165, 1.54) is 12.4 Å². The molecule has 0 radical (unpaired) electrons. The maximum Gasteiger partial charge on any atom is 0.251 e. The van der Waals surface area contributed by atoms with E-state index < -0.39 is 11.7 Å². The smallest absolute Gasteiger partial charge is 0.251 e. The van der Waals surface area contributed by atoms with Crippen LogP contribution in [0.15, 0.2) is 61.1 Å². The van der Waals surface area contributed by atoms with E-state index in [1.54, 1.807) is 36.5 Å². The number of amides is 2. The molecule has 3 heterocycles. The van der Waals surface area contributed by atoms with E-state index in [-0.39, 0.29) is 17.5 Å². The van der Waals surface area contributed by atoms with E-state index >= 15 is 0 Å². The van der Waals surface area contributed by atoms with Gasteiger partial charge in [-0.05, 0) is 54.4 Å². The van der Waals surface area contributed by atoms with Crippen molar-refractivity contribution in [2.24, 2.45) is 5.73 Å². The molecule has 0 atom stereocenters. The quantitative estimate of drug-likeness (QED) is 0.309. The summed E-state index contributed by atoms with van der Waals surface area (Å²) in [4.78, 5) is 36.4. The van der Waals surface area contributed by atoms with Crippen LogP contribution >= 0.6 is 11.6 Å². The molecule has 9 heteroatoms. The Balaban J connectivity index is 1.36. The summed E-state index contributed by atoms with van der Waals surface area (Å²) in [6.07, 6.45) is 5.13. The monoisotopic (exact) mass is 501 g/mol. The molecule has 2 amide bonds. The number of hydrogen-bond donors (Lipinski definition) is 3. The average molecular weight is 502 g/mol. The van der Waals surface area contributed by atoms with Crippen molar-refractivity contribution in [2.75, 3.05) is 0 Å². The summed E-state index contributed by atoms with van der Waals surface area (Å²) < 4.78 is 14.8. The van der Waals surface area contributed by atoms with Crippen molar-refractivity contribution in [1.82, 2.24) is 20.3 Å². The fourth-order valence-electron chi connectivity index (χ4n) is 4.24. The van der Waals surface area contributed by atoms with Gasteiger partial charge in [0.25, 0.3) is 11.8 Å². The van der Waals surface area contributed by atoms with Gasteiger partial charge in [-0.2, -0.15) is 0 Å². The standard InChI is InChI=1S/C27H21ClFN5O2/c1-14-6-18-7-15(9-20(26(30)35)25(18)33-11-14)8-19-10-16(4-5-31-19)27(36)34-12-17-2-3-22-23(24(17)29)21(28)13-32-22/h2-7,9-11,13,32H,8,12H2,1H3,(H2,30,35)(H,34,36). The van der Waals surface area contributed by atoms with Crippen LogP contribution in [-0.4, -0.2) is 26.8 Å². The Bertz CT molecular complexity index is 1660. The van der Waals surface area contributed by atoms with Crippen molar-refractivity contribution in [3.8, 4) is 0 Å². The third-order valence-electron chi connectivity index (χ3n) is 5.96. The molecular weight excluding hydrogens is 481 g/mol. The van der Waals surface area contributed by atoms with Gasteiger partial charge in [-0.25, -0.2) is 4.39 Å². The normalized spacial score (nSPS) is 11.2. The molecule has 5 rings (SSSR count). The number of benzene rings is 2. The predicted molar refractivity (Wildman–Crippen MR) is 136 cm³/mol. The lowest BCUT2D eigenvalue weighted by atomic mass is 10.00. The van der Waals surface area contributed by atoms with Crippen molar-refractivity contribution in [3.63, 3.8) is 0 Å². The number of aromatic amines is 1. The van der Waals surface area contributed by atoms with Gasteiger partial charge in [-0.15, -0.1) is 0 Å². The molecule has 0 aliphatic rings. The Morgan fingerprint density at radius 2 is 1.97 bits per heavy atom. The lowest BCUT2D eigenvalue weighted by Gasteiger charge is -2.10. The summed E-state index contributed by atoms with van der Waals surface area (Å²) in [5.41, 5.74) is 10.2. The third-order valence-corrected chi connectivity index (χ3v) is 6.26. The maximum atomic E-state index is 14.8. The number of carbonyl (C=O) groups excluding carboxylic acids is 2. The van der Waals surface area contributed by atoms with Crippen LogP contribution in [0.2, 0.25) is 5.02 Å². The highest BCUT2D eigenvalue weighted by atomic mass is 35.5. The first-order valence-electron chi connectivity index (χ1n) is 11.2. The number of fused-ring (bicyclic) bond motifs is 2. The summed E-state index contributed by atoms with van der Waals surface area (Å²) in [6, 6.07) is 12.2.